The molecule has 2 amide bonds. The maximum Gasteiger partial charge on any atom is 0.416 e. The van der Waals surface area contributed by atoms with Gasteiger partial charge in [0.05, 0.1) is 49.5 Å². The molecule has 4 heterocycles. The molecule has 0 aliphatic carbocycles. The lowest BCUT2D eigenvalue weighted by Gasteiger charge is -2.13. The fourth-order valence-corrected chi connectivity index (χ4v) is 7.64. The van der Waals surface area contributed by atoms with Crippen molar-refractivity contribution in [3.05, 3.63) is 155 Å². The number of benzene rings is 4. The normalized spacial score (nSPS) is 11.8. The van der Waals surface area contributed by atoms with Gasteiger partial charge in [-0.25, -0.2) is 19.9 Å². The second kappa shape index (κ2) is 21.4. The summed E-state index contributed by atoms with van der Waals surface area (Å²) >= 11 is 1.50. The van der Waals surface area contributed by atoms with Crippen LogP contribution in [0.5, 0.6) is 0 Å². The van der Waals surface area contributed by atoms with Gasteiger partial charge in [-0.2, -0.15) is 36.5 Å². The SMILES string of the molecule is CSc1cc(-c2cn(C)nc2Nc2cc(NC(=O)c3cccc(C(F)(F)F)c3)ccc2C)ncn1.Cc1ccc(NC(=O)c2cccc(C(F)(F)F)c2)cc1Nc1nn(C)cc1-c1cc(S(C)=O)ncn1. The van der Waals surface area contributed by atoms with E-state index in [4.69, 9.17) is 0 Å². The first kappa shape index (κ1) is 50.9. The average molecular weight is 1010 g/mol. The Hall–Kier alpha value is -7.92. The van der Waals surface area contributed by atoms with Gasteiger partial charge in [0, 0.05) is 66.6 Å². The number of hydrogen-bond donors (Lipinski definition) is 4. The number of rotatable bonds is 12. The van der Waals surface area contributed by atoms with Crippen molar-refractivity contribution < 1.29 is 40.1 Å². The van der Waals surface area contributed by atoms with E-state index in [1.54, 1.807) is 72.1 Å². The standard InChI is InChI=1S/C24H21F3N6O2S.C24H21F3N6OS/c1-14-7-8-17(30-23(34)15-5-4-6-16(9-15)24(25,26)27)10-19(14)31-22-18(12-33(2)32-22)20-11-21(36(3)35)29-13-28-20;1-14-7-8-17(30-23(34)15-5-4-6-16(9-15)24(25,26)27)10-19(14)31-22-18(12-33(2)32-22)20-11-21(35-3)29-13-28-20/h4-13H,1-3H3,(H,30,34)(H,31,32);4-13H,1-3H3,(H,30,34)(H,31,32). The summed E-state index contributed by atoms with van der Waals surface area (Å²) in [7, 11) is 2.25. The molecule has 4 N–H and O–H groups in total. The minimum atomic E-state index is -4.55. The van der Waals surface area contributed by atoms with Crippen molar-refractivity contribution in [2.45, 2.75) is 36.3 Å². The number of aryl methyl sites for hydroxylation is 4. The molecule has 366 valence electrons. The highest BCUT2D eigenvalue weighted by molar-refractivity contribution is 7.98. The smallest absolute Gasteiger partial charge is 0.338 e. The van der Waals surface area contributed by atoms with Crippen LogP contribution in [0.15, 0.2) is 132 Å². The zero-order chi connectivity index (χ0) is 51.2. The van der Waals surface area contributed by atoms with Crippen LogP contribution < -0.4 is 21.3 Å². The van der Waals surface area contributed by atoms with Gasteiger partial charge >= 0.3 is 12.4 Å². The monoisotopic (exact) mass is 1010 g/mol. The Bertz CT molecular complexity index is 3290. The number of carbonyl (C=O) groups excluding carboxylic acids is 2. The number of nitrogens with one attached hydrogen (secondary N) is 4. The predicted molar refractivity (Wildman–Crippen MR) is 260 cm³/mol. The predicted octanol–water partition coefficient (Wildman–Crippen LogP) is 10.9. The van der Waals surface area contributed by atoms with Crippen LogP contribution >= 0.6 is 11.8 Å². The lowest BCUT2D eigenvalue weighted by molar-refractivity contribution is -0.138. The van der Waals surface area contributed by atoms with Crippen LogP contribution in [0.4, 0.5) is 60.7 Å². The number of anilines is 6. The van der Waals surface area contributed by atoms with Crippen molar-refractivity contribution in [1.29, 1.82) is 0 Å². The third kappa shape index (κ3) is 12.8. The van der Waals surface area contributed by atoms with E-state index in [0.29, 0.717) is 56.4 Å². The first-order valence-electron chi connectivity index (χ1n) is 21.0. The van der Waals surface area contributed by atoms with Crippen LogP contribution in [0, 0.1) is 13.8 Å². The van der Waals surface area contributed by atoms with E-state index in [1.807, 2.05) is 32.4 Å². The summed E-state index contributed by atoms with van der Waals surface area (Å²) in [6.07, 6.45) is 0.788. The van der Waals surface area contributed by atoms with Gasteiger partial charge in [0.15, 0.2) is 11.6 Å². The Kier molecular flexibility index (Phi) is 15.3. The highest BCUT2D eigenvalue weighted by Gasteiger charge is 2.32. The van der Waals surface area contributed by atoms with Crippen molar-refractivity contribution in [1.82, 2.24) is 39.5 Å². The lowest BCUT2D eigenvalue weighted by atomic mass is 10.1. The number of aromatic nitrogens is 8. The number of amides is 2. The van der Waals surface area contributed by atoms with Gasteiger partial charge in [-0.15, -0.1) is 11.8 Å². The number of carbonyl (C=O) groups is 2. The quantitative estimate of drug-likeness (QED) is 0.0516. The molecule has 1 atom stereocenters. The first-order valence-corrected chi connectivity index (χ1v) is 23.8. The fourth-order valence-electron chi connectivity index (χ4n) is 6.78. The Morgan fingerprint density at radius 2 is 1.06 bits per heavy atom. The van der Waals surface area contributed by atoms with Crippen LogP contribution in [-0.4, -0.2) is 68.0 Å². The van der Waals surface area contributed by atoms with E-state index in [1.165, 1.54) is 54.9 Å². The molecule has 0 spiro atoms. The number of nitrogens with zero attached hydrogens (tertiary/aromatic N) is 8. The van der Waals surface area contributed by atoms with Crippen LogP contribution in [0.25, 0.3) is 22.5 Å². The Morgan fingerprint density at radius 3 is 1.49 bits per heavy atom. The summed E-state index contributed by atoms with van der Waals surface area (Å²) < 4.78 is 93.1. The van der Waals surface area contributed by atoms with E-state index in [2.05, 4.69) is 51.4 Å². The van der Waals surface area contributed by atoms with Crippen molar-refractivity contribution in [2.24, 2.45) is 14.1 Å². The molecule has 0 radical (unpaired) electrons. The van der Waals surface area contributed by atoms with E-state index in [-0.39, 0.29) is 11.1 Å². The van der Waals surface area contributed by atoms with E-state index >= 15 is 0 Å². The number of hydrogen-bond acceptors (Lipinski definition) is 12. The van der Waals surface area contributed by atoms with Gasteiger partial charge in [-0.05, 0) is 104 Å². The molecule has 8 rings (SSSR count). The largest absolute Gasteiger partial charge is 0.416 e. The molecule has 8 aromatic rings. The van der Waals surface area contributed by atoms with Crippen molar-refractivity contribution in [2.75, 3.05) is 33.8 Å². The molecular formula is C48H42F6N12O3S2. The lowest BCUT2D eigenvalue weighted by Crippen LogP contribution is -2.14. The minimum absolute atomic E-state index is 0.0877. The number of halogens is 6. The molecule has 1 unspecified atom stereocenters. The average Bonchev–Trinajstić information content (AvgIpc) is 3.91. The third-order valence-corrected chi connectivity index (χ3v) is 11.9. The Labute approximate surface area is 409 Å². The molecule has 0 saturated carbocycles. The molecular weight excluding hydrogens is 971 g/mol. The van der Waals surface area contributed by atoms with Gasteiger partial charge in [-0.3, -0.25) is 23.2 Å². The minimum Gasteiger partial charge on any atom is -0.338 e. The summed E-state index contributed by atoms with van der Waals surface area (Å²) in [6, 6.07) is 22.3. The van der Waals surface area contributed by atoms with Crippen LogP contribution in [0.1, 0.15) is 43.0 Å². The van der Waals surface area contributed by atoms with Gasteiger partial charge in [-0.1, -0.05) is 24.3 Å². The zero-order valence-electron chi connectivity index (χ0n) is 38.4. The summed E-state index contributed by atoms with van der Waals surface area (Å²) in [6.45, 7) is 3.74. The molecule has 4 aromatic carbocycles. The molecule has 71 heavy (non-hydrogen) atoms. The second-order valence-corrected chi connectivity index (χ2v) is 17.8. The highest BCUT2D eigenvalue weighted by Crippen LogP contribution is 2.35. The molecule has 0 aliphatic heterocycles. The Morgan fingerprint density at radius 1 is 0.606 bits per heavy atom. The molecule has 23 heteroatoms. The van der Waals surface area contributed by atoms with Crippen molar-refractivity contribution >= 4 is 68.8 Å². The molecule has 0 fully saturated rings. The summed E-state index contributed by atoms with van der Waals surface area (Å²) in [5.74, 6) is -0.290. The van der Waals surface area contributed by atoms with Gasteiger partial charge < -0.3 is 21.3 Å². The van der Waals surface area contributed by atoms with Gasteiger partial charge in [0.25, 0.3) is 11.8 Å². The van der Waals surface area contributed by atoms with Gasteiger partial charge in [0.1, 0.15) is 17.7 Å². The molecule has 0 aliphatic rings. The first-order chi connectivity index (χ1) is 33.6. The molecule has 0 saturated heterocycles. The summed E-state index contributed by atoms with van der Waals surface area (Å²) in [4.78, 5) is 42.1. The molecule has 4 aromatic heterocycles. The van der Waals surface area contributed by atoms with Crippen LogP contribution in [0.3, 0.4) is 0 Å². The molecule has 15 nitrogen and oxygen atoms in total. The van der Waals surface area contributed by atoms with E-state index in [0.717, 1.165) is 46.0 Å². The maximum atomic E-state index is 13.0. The molecule has 0 bridgehead atoms. The highest BCUT2D eigenvalue weighted by atomic mass is 32.2. The second-order valence-electron chi connectivity index (χ2n) is 15.6. The van der Waals surface area contributed by atoms with Gasteiger partial charge in [0.2, 0.25) is 0 Å². The van der Waals surface area contributed by atoms with E-state index < -0.39 is 46.1 Å². The van der Waals surface area contributed by atoms with Crippen molar-refractivity contribution in [3.8, 4) is 22.5 Å². The number of alkyl halides is 6. The summed E-state index contributed by atoms with van der Waals surface area (Å²) in [5, 5.41) is 21.9. The van der Waals surface area contributed by atoms with Crippen molar-refractivity contribution in [3.63, 3.8) is 0 Å². The van der Waals surface area contributed by atoms with Crippen LogP contribution in [-0.2, 0) is 37.2 Å². The van der Waals surface area contributed by atoms with Crippen LogP contribution in [0.2, 0.25) is 0 Å². The fraction of sp³-hybridized carbons (Fsp3) is 0.167. The maximum absolute atomic E-state index is 13.0. The third-order valence-electron chi connectivity index (χ3n) is 10.4. The Balaban J connectivity index is 0.000000209. The van der Waals surface area contributed by atoms with E-state index in [9.17, 15) is 40.1 Å². The summed E-state index contributed by atoms with van der Waals surface area (Å²) in [5.41, 5.74) is 4.46. The number of thioether (sulfide) groups is 1. The zero-order valence-corrected chi connectivity index (χ0v) is 40.1. The topological polar surface area (TPSA) is 187 Å².